The van der Waals surface area contributed by atoms with Crippen LogP contribution in [0.4, 0.5) is 13.2 Å². The summed E-state index contributed by atoms with van der Waals surface area (Å²) in [5, 5.41) is 11.5. The van der Waals surface area contributed by atoms with Crippen LogP contribution in [-0.2, 0) is 11.0 Å². The molecule has 1 atom stereocenters. The Balaban J connectivity index is 3.23. The molecule has 1 rings (SSSR count). The van der Waals surface area contributed by atoms with Gasteiger partial charge in [0.25, 0.3) is 0 Å². The van der Waals surface area contributed by atoms with Crippen LogP contribution in [0.5, 0.6) is 0 Å². The first-order valence-electron chi connectivity index (χ1n) is 4.70. The molecule has 4 nitrogen and oxygen atoms in total. The van der Waals surface area contributed by atoms with Gasteiger partial charge in [0, 0.05) is 6.61 Å². The van der Waals surface area contributed by atoms with Crippen molar-refractivity contribution in [1.29, 1.82) is 0 Å². The van der Waals surface area contributed by atoms with Crippen LogP contribution in [0, 0.1) is 6.92 Å². The van der Waals surface area contributed by atoms with E-state index < -0.39 is 22.9 Å². The molecular formula is C9H10ClF3N2O2. The molecule has 1 heterocycles. The Morgan fingerprint density at radius 2 is 2.18 bits per heavy atom. The monoisotopic (exact) mass is 270 g/mol. The Labute approximate surface area is 100.0 Å². The molecule has 1 N–H and O–H groups in total. The Morgan fingerprint density at radius 1 is 1.59 bits per heavy atom. The molecular weight excluding hydrogens is 261 g/mol. The maximum Gasteiger partial charge on any atom is 0.436 e. The summed E-state index contributed by atoms with van der Waals surface area (Å²) in [4.78, 5) is 10.7. The van der Waals surface area contributed by atoms with Crippen molar-refractivity contribution in [3.63, 3.8) is 0 Å². The van der Waals surface area contributed by atoms with Crippen molar-refractivity contribution >= 4 is 17.9 Å². The van der Waals surface area contributed by atoms with Gasteiger partial charge >= 0.3 is 6.18 Å². The van der Waals surface area contributed by atoms with Crippen LogP contribution in [0.25, 0.3) is 0 Å². The van der Waals surface area contributed by atoms with Gasteiger partial charge in [0.15, 0.2) is 5.69 Å². The lowest BCUT2D eigenvalue weighted by Gasteiger charge is -2.11. The van der Waals surface area contributed by atoms with Crippen LogP contribution >= 0.6 is 11.6 Å². The fourth-order valence-corrected chi connectivity index (χ4v) is 1.61. The maximum absolute atomic E-state index is 12.5. The highest BCUT2D eigenvalue weighted by molar-refractivity contribution is 6.32. The third-order valence-electron chi connectivity index (χ3n) is 2.24. The summed E-state index contributed by atoms with van der Waals surface area (Å²) in [5.41, 5.74) is -1.18. The topological polar surface area (TPSA) is 55.1 Å². The third-order valence-corrected chi connectivity index (χ3v) is 2.69. The van der Waals surface area contributed by atoms with E-state index in [1.54, 1.807) is 0 Å². The summed E-state index contributed by atoms with van der Waals surface area (Å²) >= 11 is 5.52. The normalized spacial score (nSPS) is 13.8. The van der Waals surface area contributed by atoms with Gasteiger partial charge in [0.2, 0.25) is 0 Å². The Kier molecular flexibility index (Phi) is 4.16. The molecule has 1 aromatic rings. The van der Waals surface area contributed by atoms with Gasteiger partial charge in [0.1, 0.15) is 12.3 Å². The fourth-order valence-electron chi connectivity index (χ4n) is 1.38. The minimum atomic E-state index is -4.67. The van der Waals surface area contributed by atoms with Crippen LogP contribution in [0.1, 0.15) is 23.9 Å². The number of nitrogens with zero attached hydrogens (tertiary/aromatic N) is 2. The largest absolute Gasteiger partial charge is 0.436 e. The van der Waals surface area contributed by atoms with E-state index in [-0.39, 0.29) is 18.7 Å². The fraction of sp³-hybridized carbons (Fsp3) is 0.556. The number of halogens is 4. The second kappa shape index (κ2) is 5.05. The standard InChI is InChI=1S/C9H10ClF3N2O2/c1-5-7(10)8(9(11,12)13)14-15(5)6(4-17)2-3-16/h4,6,16H,2-3H2,1H3. The van der Waals surface area contributed by atoms with Crippen molar-refractivity contribution in [2.45, 2.75) is 25.6 Å². The molecule has 8 heteroatoms. The van der Waals surface area contributed by atoms with Gasteiger partial charge in [-0.3, -0.25) is 4.68 Å². The lowest BCUT2D eigenvalue weighted by Crippen LogP contribution is -2.16. The first kappa shape index (κ1) is 14.0. The predicted octanol–water partition coefficient (Wildman–Crippen LogP) is 1.99. The number of aliphatic hydroxyl groups is 1. The quantitative estimate of drug-likeness (QED) is 0.851. The summed E-state index contributed by atoms with van der Waals surface area (Å²) < 4.78 is 38.4. The summed E-state index contributed by atoms with van der Waals surface area (Å²) in [5.74, 6) is 0. The summed E-state index contributed by atoms with van der Waals surface area (Å²) in [6, 6.07) is -0.950. The Morgan fingerprint density at radius 3 is 2.53 bits per heavy atom. The molecule has 1 aromatic heterocycles. The van der Waals surface area contributed by atoms with E-state index >= 15 is 0 Å². The molecule has 0 saturated heterocycles. The van der Waals surface area contributed by atoms with Crippen molar-refractivity contribution < 1.29 is 23.1 Å². The second-order valence-electron chi connectivity index (χ2n) is 3.41. The van der Waals surface area contributed by atoms with Gasteiger partial charge < -0.3 is 9.90 Å². The van der Waals surface area contributed by atoms with Crippen LogP contribution < -0.4 is 0 Å². The van der Waals surface area contributed by atoms with Gasteiger partial charge in [0.05, 0.1) is 10.7 Å². The molecule has 0 aromatic carbocycles. The number of carbonyl (C=O) groups is 1. The number of rotatable bonds is 4. The molecule has 0 spiro atoms. The molecule has 0 aliphatic heterocycles. The molecule has 0 radical (unpaired) electrons. The van der Waals surface area contributed by atoms with E-state index in [0.717, 1.165) is 4.68 Å². The van der Waals surface area contributed by atoms with E-state index in [1.165, 1.54) is 6.92 Å². The van der Waals surface area contributed by atoms with E-state index in [4.69, 9.17) is 16.7 Å². The molecule has 96 valence electrons. The second-order valence-corrected chi connectivity index (χ2v) is 3.78. The van der Waals surface area contributed by atoms with E-state index in [1.807, 2.05) is 0 Å². The summed E-state index contributed by atoms with van der Waals surface area (Å²) in [6.45, 7) is 1.00. The average molecular weight is 271 g/mol. The zero-order chi connectivity index (χ0) is 13.2. The average Bonchev–Trinajstić information content (AvgIpc) is 2.53. The van der Waals surface area contributed by atoms with E-state index in [0.29, 0.717) is 6.29 Å². The summed E-state index contributed by atoms with van der Waals surface area (Å²) in [7, 11) is 0. The van der Waals surface area contributed by atoms with Crippen LogP contribution in [0.3, 0.4) is 0 Å². The van der Waals surface area contributed by atoms with Gasteiger partial charge in [-0.2, -0.15) is 18.3 Å². The lowest BCUT2D eigenvalue weighted by molar-refractivity contribution is -0.141. The van der Waals surface area contributed by atoms with Gasteiger partial charge in [-0.1, -0.05) is 11.6 Å². The number of aliphatic hydroxyl groups excluding tert-OH is 1. The minimum Gasteiger partial charge on any atom is -0.396 e. The highest BCUT2D eigenvalue weighted by Gasteiger charge is 2.38. The predicted molar refractivity (Wildman–Crippen MR) is 53.8 cm³/mol. The van der Waals surface area contributed by atoms with Gasteiger partial charge in [-0.15, -0.1) is 0 Å². The van der Waals surface area contributed by atoms with Crippen molar-refractivity contribution in [2.24, 2.45) is 0 Å². The molecule has 0 fully saturated rings. The minimum absolute atomic E-state index is 0.0142. The third kappa shape index (κ3) is 2.78. The molecule has 0 bridgehead atoms. The molecule has 1 unspecified atom stereocenters. The first-order valence-corrected chi connectivity index (χ1v) is 5.08. The SMILES string of the molecule is Cc1c(Cl)c(C(F)(F)F)nn1C(C=O)CCO. The van der Waals surface area contributed by atoms with Crippen LogP contribution in [0.2, 0.25) is 5.02 Å². The highest BCUT2D eigenvalue weighted by atomic mass is 35.5. The number of hydrogen-bond donors (Lipinski definition) is 1. The first-order chi connectivity index (χ1) is 7.82. The van der Waals surface area contributed by atoms with Gasteiger partial charge in [-0.05, 0) is 13.3 Å². The zero-order valence-corrected chi connectivity index (χ0v) is 9.59. The Hall–Kier alpha value is -1.08. The number of carbonyl (C=O) groups excluding carboxylic acids is 1. The number of hydrogen-bond acceptors (Lipinski definition) is 3. The molecule has 0 aliphatic carbocycles. The van der Waals surface area contributed by atoms with Crippen molar-refractivity contribution in [3.05, 3.63) is 16.4 Å². The Bertz CT molecular complexity index is 417. The van der Waals surface area contributed by atoms with Crippen molar-refractivity contribution in [2.75, 3.05) is 6.61 Å². The molecule has 17 heavy (non-hydrogen) atoms. The van der Waals surface area contributed by atoms with Gasteiger partial charge in [-0.25, -0.2) is 0 Å². The molecule has 0 aliphatic rings. The summed E-state index contributed by atoms with van der Waals surface area (Å²) in [6.07, 6.45) is -4.26. The molecule has 0 amide bonds. The lowest BCUT2D eigenvalue weighted by atomic mass is 10.2. The number of aldehydes is 1. The van der Waals surface area contributed by atoms with Crippen molar-refractivity contribution in [3.8, 4) is 0 Å². The zero-order valence-electron chi connectivity index (χ0n) is 8.83. The number of aromatic nitrogens is 2. The van der Waals surface area contributed by atoms with Crippen LogP contribution in [-0.4, -0.2) is 27.8 Å². The highest BCUT2D eigenvalue weighted by Crippen LogP contribution is 2.36. The van der Waals surface area contributed by atoms with Crippen molar-refractivity contribution in [1.82, 2.24) is 9.78 Å². The molecule has 0 saturated carbocycles. The van der Waals surface area contributed by atoms with Crippen LogP contribution in [0.15, 0.2) is 0 Å². The van der Waals surface area contributed by atoms with E-state index in [9.17, 15) is 18.0 Å². The number of alkyl halides is 3. The smallest absolute Gasteiger partial charge is 0.396 e. The maximum atomic E-state index is 12.5. The van der Waals surface area contributed by atoms with E-state index in [2.05, 4.69) is 5.10 Å².